The Labute approximate surface area is 90.5 Å². The third-order valence-corrected chi connectivity index (χ3v) is 2.48. The molecule has 3 nitrogen and oxygen atoms in total. The molecule has 0 aliphatic heterocycles. The molecule has 1 amide bonds. The Morgan fingerprint density at radius 1 is 1.23 bits per heavy atom. The first kappa shape index (κ1) is 12.9. The summed E-state index contributed by atoms with van der Waals surface area (Å²) in [5.74, 6) is 0. The van der Waals surface area contributed by atoms with Crippen molar-refractivity contribution in [2.75, 3.05) is 6.61 Å². The Morgan fingerprint density at radius 2 is 1.85 bits per heavy atom. The fourth-order valence-corrected chi connectivity index (χ4v) is 1.31. The van der Waals surface area contributed by atoms with E-state index in [2.05, 4.69) is 11.0 Å². The molecule has 1 N–H and O–H groups in total. The van der Waals surface area contributed by atoms with Crippen molar-refractivity contribution in [1.29, 1.82) is 0 Å². The summed E-state index contributed by atoms with van der Waals surface area (Å²) in [5.41, 5.74) is 0. The van der Waals surface area contributed by atoms with Gasteiger partial charge in [0, 0.05) is 0 Å². The van der Waals surface area contributed by atoms with Crippen LogP contribution in [-0.2, 0) is 23.3 Å². The molecule has 0 heterocycles. The average Bonchev–Trinajstić information content (AvgIpc) is 2.16. The minimum absolute atomic E-state index is 0.270. The third kappa shape index (κ3) is 9.81. The van der Waals surface area contributed by atoms with E-state index >= 15 is 0 Å². The maximum atomic E-state index is 10.6. The number of hydrogen-bond acceptors (Lipinski definition) is 2. The summed E-state index contributed by atoms with van der Waals surface area (Å²) in [6.45, 7) is 2.77. The molecule has 0 fully saturated rings. The van der Waals surface area contributed by atoms with E-state index in [9.17, 15) is 4.79 Å². The summed E-state index contributed by atoms with van der Waals surface area (Å²) in [6, 6.07) is 0. The van der Waals surface area contributed by atoms with Crippen LogP contribution in [0.15, 0.2) is 0 Å². The van der Waals surface area contributed by atoms with Crippen molar-refractivity contribution in [3.8, 4) is 0 Å². The molecule has 0 aromatic carbocycles. The molecule has 0 spiro atoms. The van der Waals surface area contributed by atoms with Gasteiger partial charge in [-0.3, -0.25) is 0 Å². The zero-order chi connectivity index (χ0) is 9.94. The third-order valence-electron chi connectivity index (χ3n) is 1.88. The van der Waals surface area contributed by atoms with E-state index in [1.54, 1.807) is 0 Å². The molecule has 0 atom stereocenters. The van der Waals surface area contributed by atoms with Crippen LogP contribution in [0, 0.1) is 0 Å². The van der Waals surface area contributed by atoms with Gasteiger partial charge in [-0.25, -0.2) is 0 Å². The molecule has 4 heteroatoms. The van der Waals surface area contributed by atoms with Gasteiger partial charge in [-0.1, -0.05) is 0 Å². The average molecular weight is 238 g/mol. The van der Waals surface area contributed by atoms with Gasteiger partial charge < -0.3 is 0 Å². The molecule has 0 saturated heterocycles. The van der Waals surface area contributed by atoms with Gasteiger partial charge in [0.1, 0.15) is 0 Å². The van der Waals surface area contributed by atoms with E-state index in [1.165, 1.54) is 32.1 Å². The summed E-state index contributed by atoms with van der Waals surface area (Å²) >= 11 is 0.759. The first-order valence-corrected chi connectivity index (χ1v) is 6.49. The molecule has 0 bridgehead atoms. The van der Waals surface area contributed by atoms with Crippen molar-refractivity contribution in [2.45, 2.75) is 45.4 Å². The second-order valence-corrected chi connectivity index (χ2v) is 3.82. The molecule has 73 valence electrons. The van der Waals surface area contributed by atoms with Crippen molar-refractivity contribution in [1.82, 2.24) is 4.06 Å². The van der Waals surface area contributed by atoms with E-state index < -0.39 is 0 Å². The number of nitrogens with one attached hydrogen (secondary N) is 1. The minimum atomic E-state index is -0.270. The Morgan fingerprint density at radius 3 is 2.46 bits per heavy atom. The molecule has 0 aromatic rings. The van der Waals surface area contributed by atoms with Crippen LogP contribution in [0.4, 0.5) is 4.79 Å². The van der Waals surface area contributed by atoms with Crippen LogP contribution >= 0.6 is 0 Å². The van der Waals surface area contributed by atoms with E-state index in [4.69, 9.17) is 4.74 Å². The second-order valence-electron chi connectivity index (χ2n) is 3.08. The van der Waals surface area contributed by atoms with E-state index in [1.807, 2.05) is 0 Å². The topological polar surface area (TPSA) is 38.3 Å². The predicted molar refractivity (Wildman–Crippen MR) is 47.9 cm³/mol. The van der Waals surface area contributed by atoms with Crippen molar-refractivity contribution in [2.24, 2.45) is 0 Å². The molecule has 0 rings (SSSR count). The van der Waals surface area contributed by atoms with Crippen LogP contribution in [0.5, 0.6) is 0 Å². The molecule has 0 saturated carbocycles. The molecule has 0 aromatic heterocycles. The van der Waals surface area contributed by atoms with Crippen LogP contribution in [-0.4, -0.2) is 12.7 Å². The number of unbranched alkanes of at least 4 members (excludes halogenated alkanes) is 5. The fourth-order valence-electron chi connectivity index (χ4n) is 1.10. The first-order chi connectivity index (χ1) is 6.31. The van der Waals surface area contributed by atoms with Crippen LogP contribution in [0.3, 0.4) is 0 Å². The molecular weight excluding hydrogens is 219 g/mol. The Kier molecular flexibility index (Phi) is 9.90. The fraction of sp³-hybridized carbons (Fsp3) is 0.889. The SMILES string of the molecule is CCCCCCCCOC(=O)[NH][Zn]. The van der Waals surface area contributed by atoms with Gasteiger partial charge in [0.2, 0.25) is 0 Å². The van der Waals surface area contributed by atoms with Gasteiger partial charge in [0.15, 0.2) is 0 Å². The second kappa shape index (κ2) is 9.98. The van der Waals surface area contributed by atoms with Gasteiger partial charge in [-0.2, -0.15) is 0 Å². The molecular formula is C9H18NO2Zn. The Bertz CT molecular complexity index is 131. The summed E-state index contributed by atoms with van der Waals surface area (Å²) < 4.78 is 7.42. The Hall–Kier alpha value is -0.107. The van der Waals surface area contributed by atoms with Gasteiger partial charge >= 0.3 is 90.3 Å². The summed E-state index contributed by atoms with van der Waals surface area (Å²) in [5, 5.41) is 0. The number of ether oxygens (including phenoxy) is 1. The van der Waals surface area contributed by atoms with Gasteiger partial charge in [0.05, 0.1) is 0 Å². The van der Waals surface area contributed by atoms with E-state index in [-0.39, 0.29) is 6.09 Å². The number of amides is 1. The standard InChI is InChI=1S/C9H19NO2.Zn/c1-2-3-4-5-6-7-8-12-9(10)11;/h2-8H2,1H3,(H2,10,11);/q;+1/p-1. The van der Waals surface area contributed by atoms with Crippen LogP contribution in [0.2, 0.25) is 0 Å². The molecule has 0 aliphatic rings. The number of carbonyl (C=O) groups is 1. The van der Waals surface area contributed by atoms with Crippen molar-refractivity contribution in [3.63, 3.8) is 0 Å². The van der Waals surface area contributed by atoms with Gasteiger partial charge in [-0.05, 0) is 0 Å². The van der Waals surface area contributed by atoms with Crippen molar-refractivity contribution in [3.05, 3.63) is 0 Å². The number of rotatable bonds is 7. The monoisotopic (exact) mass is 236 g/mol. The van der Waals surface area contributed by atoms with Crippen molar-refractivity contribution < 1.29 is 28.1 Å². The molecule has 0 aliphatic carbocycles. The zero-order valence-electron chi connectivity index (χ0n) is 8.47. The molecule has 13 heavy (non-hydrogen) atoms. The first-order valence-electron chi connectivity index (χ1n) is 5.01. The number of hydrogen-bond donors (Lipinski definition) is 1. The molecule has 0 radical (unpaired) electrons. The molecule has 0 unspecified atom stereocenters. The summed E-state index contributed by atoms with van der Waals surface area (Å²) in [7, 11) is 0. The zero-order valence-corrected chi connectivity index (χ0v) is 11.4. The van der Waals surface area contributed by atoms with Crippen LogP contribution in [0.1, 0.15) is 45.4 Å². The van der Waals surface area contributed by atoms with Gasteiger partial charge in [-0.15, -0.1) is 0 Å². The summed E-state index contributed by atoms with van der Waals surface area (Å²) in [4.78, 5) is 10.6. The Balaban J connectivity index is 2.95. The van der Waals surface area contributed by atoms with E-state index in [0.717, 1.165) is 25.0 Å². The van der Waals surface area contributed by atoms with Crippen LogP contribution in [0.25, 0.3) is 0 Å². The normalized spacial score (nSPS) is 9.77. The van der Waals surface area contributed by atoms with Gasteiger partial charge in [0.25, 0.3) is 0 Å². The quantitative estimate of drug-likeness (QED) is 0.546. The van der Waals surface area contributed by atoms with Crippen LogP contribution < -0.4 is 4.06 Å². The number of carbonyl (C=O) groups excluding carboxylic acids is 1. The van der Waals surface area contributed by atoms with Crippen molar-refractivity contribution >= 4 is 6.09 Å². The maximum absolute atomic E-state index is 10.6. The van der Waals surface area contributed by atoms with E-state index in [0.29, 0.717) is 6.61 Å². The predicted octanol–water partition coefficient (Wildman–Crippen LogP) is 2.53. The summed E-state index contributed by atoms with van der Waals surface area (Å²) in [6.07, 6.45) is 7.07.